The van der Waals surface area contributed by atoms with E-state index in [1.165, 1.54) is 11.1 Å². The van der Waals surface area contributed by atoms with Gasteiger partial charge in [0.05, 0.1) is 0 Å². The average Bonchev–Trinajstić information content (AvgIpc) is 2.03. The number of hydrogen-bond acceptors (Lipinski definition) is 0. The number of rotatable bonds is 2. The summed E-state index contributed by atoms with van der Waals surface area (Å²) in [6.45, 7) is 6.28. The molecule has 0 fully saturated rings. The van der Waals surface area contributed by atoms with Gasteiger partial charge < -0.3 is 0 Å². The highest BCUT2D eigenvalue weighted by molar-refractivity contribution is 6.45. The molecule has 0 aromatic heterocycles. The molecular weight excluding hydrogens is 142 g/mol. The molecule has 60 valence electrons. The van der Waals surface area contributed by atoms with E-state index < -0.39 is 0 Å². The van der Waals surface area contributed by atoms with Crippen molar-refractivity contribution in [2.45, 2.75) is 12.1 Å². The Kier molecular flexibility index (Phi) is 2.46. The first-order valence-electron chi connectivity index (χ1n) is 4.26. The molecule has 2 heteroatoms. The summed E-state index contributed by atoms with van der Waals surface area (Å²) in [5.41, 5.74) is 2.44. The first kappa shape index (κ1) is 9.18. The lowest BCUT2D eigenvalue weighted by molar-refractivity contribution is 1.12. The largest absolute Gasteiger partial charge is 0.104 e. The molecule has 0 aliphatic heterocycles. The zero-order valence-electron chi connectivity index (χ0n) is 8.09. The molecule has 0 aliphatic rings. The Morgan fingerprint density at radius 2 is 1.75 bits per heavy atom. The molecule has 1 aromatic carbocycles. The van der Waals surface area contributed by atoms with Crippen molar-refractivity contribution in [3.8, 4) is 0 Å². The van der Waals surface area contributed by atoms with Gasteiger partial charge in [0.1, 0.15) is 15.7 Å². The lowest BCUT2D eigenvalue weighted by atomic mass is 9.51. The Hall–Kier alpha value is -0.910. The summed E-state index contributed by atoms with van der Waals surface area (Å²) in [7, 11) is 4.37. The molecule has 0 nitrogen and oxygen atoms in total. The van der Waals surface area contributed by atoms with Gasteiger partial charge in [-0.05, 0) is 5.56 Å². The highest BCUT2D eigenvalue weighted by Gasteiger charge is 2.15. The van der Waals surface area contributed by atoms with Crippen LogP contribution in [0.2, 0.25) is 5.21 Å². The van der Waals surface area contributed by atoms with Gasteiger partial charge >= 0.3 is 0 Å². The van der Waals surface area contributed by atoms with Crippen molar-refractivity contribution < 1.29 is 0 Å². The molecule has 1 aromatic rings. The fourth-order valence-electron chi connectivity index (χ4n) is 1.07. The second-order valence-corrected chi connectivity index (χ2v) is 4.09. The Labute approximate surface area is 76.5 Å². The van der Waals surface area contributed by atoms with Crippen LogP contribution in [0, 0.1) is 0 Å². The lowest BCUT2D eigenvalue weighted by Crippen LogP contribution is -2.09. The summed E-state index contributed by atoms with van der Waals surface area (Å²) >= 11 is 0. The minimum absolute atomic E-state index is 0.168. The van der Waals surface area contributed by atoms with E-state index in [4.69, 9.17) is 0 Å². The molecule has 0 amide bonds. The maximum atomic E-state index is 4.10. The Balaban J connectivity index is 2.94. The van der Waals surface area contributed by atoms with Crippen molar-refractivity contribution >= 4 is 21.3 Å². The van der Waals surface area contributed by atoms with Crippen LogP contribution in [-0.4, -0.2) is 15.7 Å². The molecule has 0 unspecified atom stereocenters. The van der Waals surface area contributed by atoms with E-state index in [0.717, 1.165) is 0 Å². The van der Waals surface area contributed by atoms with Crippen LogP contribution in [0.25, 0.3) is 5.57 Å². The predicted octanol–water partition coefficient (Wildman–Crippen LogP) is 1.10. The summed E-state index contributed by atoms with van der Waals surface area (Å²) in [5.74, 6) is 0. The zero-order valence-corrected chi connectivity index (χ0v) is 8.09. The standard InChI is InChI=1S/C10H14B2/c1-8(10(2,11)12)9-6-4-3-5-7-9/h3-7H,1,11-12H2,2H3. The fraction of sp³-hybridized carbons (Fsp3) is 0.200. The van der Waals surface area contributed by atoms with Gasteiger partial charge in [-0.3, -0.25) is 0 Å². The molecule has 0 saturated heterocycles. The predicted molar refractivity (Wildman–Crippen MR) is 60.9 cm³/mol. The van der Waals surface area contributed by atoms with Gasteiger partial charge in [-0.1, -0.05) is 54.6 Å². The molecule has 0 atom stereocenters. The monoisotopic (exact) mass is 156 g/mol. The van der Waals surface area contributed by atoms with E-state index in [2.05, 4.69) is 41.3 Å². The van der Waals surface area contributed by atoms with Crippen molar-refractivity contribution in [3.63, 3.8) is 0 Å². The van der Waals surface area contributed by atoms with Crippen molar-refractivity contribution in [2.75, 3.05) is 0 Å². The Morgan fingerprint density at radius 3 is 2.17 bits per heavy atom. The number of allylic oxidation sites excluding steroid dienone is 1. The van der Waals surface area contributed by atoms with Gasteiger partial charge in [-0.15, -0.1) is 0 Å². The number of hydrogen-bond donors (Lipinski definition) is 0. The fourth-order valence-corrected chi connectivity index (χ4v) is 1.07. The van der Waals surface area contributed by atoms with E-state index in [1.54, 1.807) is 0 Å². The minimum atomic E-state index is 0.168. The molecule has 12 heavy (non-hydrogen) atoms. The second-order valence-electron chi connectivity index (χ2n) is 4.09. The summed E-state index contributed by atoms with van der Waals surface area (Å²) in [4.78, 5) is 0. The van der Waals surface area contributed by atoms with Crippen LogP contribution in [0.1, 0.15) is 12.5 Å². The van der Waals surface area contributed by atoms with Crippen LogP contribution in [-0.2, 0) is 0 Å². The topological polar surface area (TPSA) is 0 Å². The Morgan fingerprint density at radius 1 is 1.25 bits per heavy atom. The van der Waals surface area contributed by atoms with Crippen LogP contribution in [0.4, 0.5) is 0 Å². The molecule has 0 aliphatic carbocycles. The lowest BCUT2D eigenvalue weighted by Gasteiger charge is -2.21. The average molecular weight is 156 g/mol. The second kappa shape index (κ2) is 3.22. The highest BCUT2D eigenvalue weighted by Crippen LogP contribution is 2.32. The molecule has 1 rings (SSSR count). The van der Waals surface area contributed by atoms with E-state index >= 15 is 0 Å². The van der Waals surface area contributed by atoms with Gasteiger partial charge in [0, 0.05) is 0 Å². The highest BCUT2D eigenvalue weighted by atomic mass is 14.1. The van der Waals surface area contributed by atoms with Gasteiger partial charge in [0.2, 0.25) is 0 Å². The third-order valence-electron chi connectivity index (χ3n) is 2.03. The van der Waals surface area contributed by atoms with Gasteiger partial charge in [0.25, 0.3) is 0 Å². The maximum absolute atomic E-state index is 4.10. The van der Waals surface area contributed by atoms with Gasteiger partial charge in [-0.25, -0.2) is 0 Å². The van der Waals surface area contributed by atoms with Crippen LogP contribution < -0.4 is 0 Å². The molecule has 0 N–H and O–H groups in total. The number of benzene rings is 1. The molecule has 0 spiro atoms. The first-order chi connectivity index (χ1) is 5.52. The van der Waals surface area contributed by atoms with Crippen molar-refractivity contribution in [1.82, 2.24) is 0 Å². The third-order valence-corrected chi connectivity index (χ3v) is 2.03. The van der Waals surface area contributed by atoms with Crippen molar-refractivity contribution in [3.05, 3.63) is 42.5 Å². The quantitative estimate of drug-likeness (QED) is 0.562. The van der Waals surface area contributed by atoms with Gasteiger partial charge in [0.15, 0.2) is 0 Å². The molecule has 0 bridgehead atoms. The summed E-state index contributed by atoms with van der Waals surface area (Å²) in [6.07, 6.45) is 0. The van der Waals surface area contributed by atoms with Crippen LogP contribution in [0.5, 0.6) is 0 Å². The van der Waals surface area contributed by atoms with E-state index in [1.807, 2.05) is 18.2 Å². The molecule has 0 saturated carbocycles. The minimum Gasteiger partial charge on any atom is -0.0961 e. The maximum Gasteiger partial charge on any atom is 0.104 e. The van der Waals surface area contributed by atoms with E-state index in [-0.39, 0.29) is 5.21 Å². The first-order valence-corrected chi connectivity index (χ1v) is 4.26. The SMILES string of the molecule is BC(B)(C)C(=C)c1ccccc1. The smallest absolute Gasteiger partial charge is 0.0961 e. The van der Waals surface area contributed by atoms with E-state index in [9.17, 15) is 0 Å². The Bertz CT molecular complexity index is 270. The summed E-state index contributed by atoms with van der Waals surface area (Å²) in [5, 5.41) is 0.168. The normalized spacial score (nSPS) is 11.1. The molecule has 0 heterocycles. The third kappa shape index (κ3) is 2.04. The van der Waals surface area contributed by atoms with Crippen LogP contribution in [0.15, 0.2) is 36.9 Å². The van der Waals surface area contributed by atoms with Crippen molar-refractivity contribution in [1.29, 1.82) is 0 Å². The zero-order chi connectivity index (χ0) is 9.19. The molecular formula is C10H14B2. The van der Waals surface area contributed by atoms with E-state index in [0.29, 0.717) is 0 Å². The van der Waals surface area contributed by atoms with Crippen molar-refractivity contribution in [2.24, 2.45) is 0 Å². The summed E-state index contributed by atoms with van der Waals surface area (Å²) < 4.78 is 0. The van der Waals surface area contributed by atoms with Crippen LogP contribution in [0.3, 0.4) is 0 Å². The summed E-state index contributed by atoms with van der Waals surface area (Å²) in [6, 6.07) is 10.3. The van der Waals surface area contributed by atoms with Crippen LogP contribution >= 0.6 is 0 Å². The van der Waals surface area contributed by atoms with Gasteiger partial charge in [-0.2, -0.15) is 0 Å². The molecule has 0 radical (unpaired) electrons.